The lowest BCUT2D eigenvalue weighted by atomic mass is 9.94. The van der Waals surface area contributed by atoms with Crippen LogP contribution in [0, 0.1) is 0 Å². The van der Waals surface area contributed by atoms with E-state index in [0.29, 0.717) is 5.56 Å². The molecule has 1 amide bonds. The van der Waals surface area contributed by atoms with Crippen molar-refractivity contribution in [1.82, 2.24) is 9.97 Å². The predicted octanol–water partition coefficient (Wildman–Crippen LogP) is 3.54. The van der Waals surface area contributed by atoms with E-state index in [2.05, 4.69) is 9.97 Å². The van der Waals surface area contributed by atoms with Gasteiger partial charge >= 0.3 is 11.9 Å². The quantitative estimate of drug-likeness (QED) is 0.281. The number of carbonyl (C=O) groups excluding carboxylic acids is 3. The van der Waals surface area contributed by atoms with Gasteiger partial charge in [-0.25, -0.2) is 14.8 Å². The van der Waals surface area contributed by atoms with Crippen LogP contribution in [0.5, 0.6) is 0 Å². The topological polar surface area (TPSA) is 110 Å². The summed E-state index contributed by atoms with van der Waals surface area (Å²) in [5.41, 5.74) is 0.784. The van der Waals surface area contributed by atoms with Crippen LogP contribution in [0.1, 0.15) is 27.5 Å². The van der Waals surface area contributed by atoms with Gasteiger partial charge in [0.1, 0.15) is 5.76 Å². The van der Waals surface area contributed by atoms with Crippen molar-refractivity contribution in [1.29, 1.82) is 0 Å². The molecule has 1 aromatic heterocycles. The zero-order chi connectivity index (χ0) is 22.8. The first kappa shape index (κ1) is 21.2. The average molecular weight is 450 g/mol. The lowest BCUT2D eigenvalue weighted by molar-refractivity contribution is -0.132. The molecular formula is C23H16ClN3O5. The standard InChI is InChI=1S/C23H16ClN3O5/c1-32-22(31)14-9-7-13(8-10-14)18-17(19(28)15-5-2-3-6-16(15)24)20(29)21(30)27(18)23-25-11-4-12-26-23/h2-12,18,28H,1H3/t18-/m1/s1. The van der Waals surface area contributed by atoms with Crippen LogP contribution in [-0.4, -0.2) is 39.8 Å². The number of ether oxygens (including phenoxy) is 1. The van der Waals surface area contributed by atoms with Crippen molar-refractivity contribution in [3.8, 4) is 0 Å². The summed E-state index contributed by atoms with van der Waals surface area (Å²) >= 11 is 6.22. The number of aromatic nitrogens is 2. The molecule has 8 nitrogen and oxygen atoms in total. The number of rotatable bonds is 4. The molecule has 0 saturated carbocycles. The first-order chi connectivity index (χ1) is 15.4. The number of nitrogens with zero attached hydrogens (tertiary/aromatic N) is 3. The van der Waals surface area contributed by atoms with Gasteiger partial charge in [0.2, 0.25) is 5.95 Å². The summed E-state index contributed by atoms with van der Waals surface area (Å²) in [4.78, 5) is 47.1. The van der Waals surface area contributed by atoms with E-state index in [-0.39, 0.29) is 27.7 Å². The Kier molecular flexibility index (Phi) is 5.70. The Bertz CT molecular complexity index is 1240. The number of benzene rings is 2. The van der Waals surface area contributed by atoms with Gasteiger partial charge in [0.25, 0.3) is 5.78 Å². The van der Waals surface area contributed by atoms with Crippen molar-refractivity contribution in [2.45, 2.75) is 6.04 Å². The lowest BCUT2D eigenvalue weighted by Gasteiger charge is -2.23. The smallest absolute Gasteiger partial charge is 0.337 e. The summed E-state index contributed by atoms with van der Waals surface area (Å²) < 4.78 is 4.71. The molecule has 2 heterocycles. The molecule has 1 N–H and O–H groups in total. The molecule has 1 aliphatic rings. The van der Waals surface area contributed by atoms with Crippen LogP contribution in [0.4, 0.5) is 5.95 Å². The highest BCUT2D eigenvalue weighted by Crippen LogP contribution is 2.41. The number of esters is 1. The SMILES string of the molecule is COC(=O)c1ccc([C@@H]2C(=C(O)c3ccccc3Cl)C(=O)C(=O)N2c2ncccn2)cc1. The maximum atomic E-state index is 13.0. The molecule has 9 heteroatoms. The molecule has 0 aliphatic carbocycles. The number of aliphatic hydroxyl groups is 1. The Labute approximate surface area is 187 Å². The highest BCUT2D eigenvalue weighted by molar-refractivity contribution is 6.51. The van der Waals surface area contributed by atoms with Crippen LogP contribution in [0.15, 0.2) is 72.6 Å². The molecule has 3 aromatic rings. The number of anilines is 1. The van der Waals surface area contributed by atoms with E-state index in [0.717, 1.165) is 4.90 Å². The average Bonchev–Trinajstić information content (AvgIpc) is 3.09. The van der Waals surface area contributed by atoms with Gasteiger partial charge < -0.3 is 9.84 Å². The second-order valence-corrected chi connectivity index (χ2v) is 7.22. The van der Waals surface area contributed by atoms with E-state index in [1.807, 2.05) is 0 Å². The third-order valence-corrected chi connectivity index (χ3v) is 5.32. The number of methoxy groups -OCH3 is 1. The Morgan fingerprint density at radius 2 is 1.69 bits per heavy atom. The van der Waals surface area contributed by atoms with Crippen LogP contribution in [0.25, 0.3) is 5.76 Å². The van der Waals surface area contributed by atoms with E-state index >= 15 is 0 Å². The highest BCUT2D eigenvalue weighted by Gasteiger charge is 2.48. The summed E-state index contributed by atoms with van der Waals surface area (Å²) in [6.45, 7) is 0. The second kappa shape index (κ2) is 8.60. The van der Waals surface area contributed by atoms with Crippen LogP contribution in [0.3, 0.4) is 0 Å². The molecule has 1 saturated heterocycles. The number of hydrogen-bond donors (Lipinski definition) is 1. The van der Waals surface area contributed by atoms with Gasteiger partial charge in [-0.3, -0.25) is 14.5 Å². The van der Waals surface area contributed by atoms with Crippen LogP contribution in [-0.2, 0) is 14.3 Å². The van der Waals surface area contributed by atoms with Gasteiger partial charge in [0.05, 0.1) is 29.3 Å². The maximum Gasteiger partial charge on any atom is 0.337 e. The zero-order valence-electron chi connectivity index (χ0n) is 16.7. The van der Waals surface area contributed by atoms with Gasteiger partial charge in [-0.15, -0.1) is 0 Å². The first-order valence-corrected chi connectivity index (χ1v) is 9.83. The fourth-order valence-corrected chi connectivity index (χ4v) is 3.71. The number of halogens is 1. The molecule has 0 bridgehead atoms. The maximum absolute atomic E-state index is 13.0. The Morgan fingerprint density at radius 3 is 2.31 bits per heavy atom. The Hall–Kier alpha value is -4.04. The summed E-state index contributed by atoms with van der Waals surface area (Å²) in [7, 11) is 1.27. The molecule has 0 unspecified atom stereocenters. The molecule has 0 spiro atoms. The van der Waals surface area contributed by atoms with Gasteiger partial charge in [-0.05, 0) is 35.9 Å². The molecule has 1 aliphatic heterocycles. The summed E-state index contributed by atoms with van der Waals surface area (Å²) in [6, 6.07) is 13.1. The Morgan fingerprint density at radius 1 is 1.03 bits per heavy atom. The molecule has 2 aromatic carbocycles. The van der Waals surface area contributed by atoms with Gasteiger partial charge in [0, 0.05) is 18.0 Å². The molecule has 1 fully saturated rings. The summed E-state index contributed by atoms with van der Waals surface area (Å²) in [6.07, 6.45) is 2.88. The highest BCUT2D eigenvalue weighted by atomic mass is 35.5. The third-order valence-electron chi connectivity index (χ3n) is 4.99. The van der Waals surface area contributed by atoms with E-state index in [1.165, 1.54) is 31.6 Å². The predicted molar refractivity (Wildman–Crippen MR) is 116 cm³/mol. The number of carbonyl (C=O) groups is 3. The van der Waals surface area contributed by atoms with Crippen molar-refractivity contribution in [3.05, 3.63) is 94.3 Å². The minimum absolute atomic E-state index is 0.00477. The largest absolute Gasteiger partial charge is 0.507 e. The van der Waals surface area contributed by atoms with Gasteiger partial charge in [-0.2, -0.15) is 0 Å². The fraction of sp³-hybridized carbons (Fsp3) is 0.0870. The van der Waals surface area contributed by atoms with Crippen molar-refractivity contribution in [2.75, 3.05) is 12.0 Å². The summed E-state index contributed by atoms with van der Waals surface area (Å²) in [5.74, 6) is -2.76. The van der Waals surface area contributed by atoms with Crippen molar-refractivity contribution < 1.29 is 24.2 Å². The molecular weight excluding hydrogens is 434 g/mol. The van der Waals surface area contributed by atoms with Crippen LogP contribution < -0.4 is 4.90 Å². The van der Waals surface area contributed by atoms with Crippen molar-refractivity contribution >= 4 is 41.0 Å². The van der Waals surface area contributed by atoms with E-state index in [9.17, 15) is 19.5 Å². The minimum atomic E-state index is -1.04. The Balaban J connectivity index is 1.93. The number of ketones is 1. The third kappa shape index (κ3) is 3.61. The molecule has 4 rings (SSSR count). The molecule has 0 radical (unpaired) electrons. The molecule has 32 heavy (non-hydrogen) atoms. The van der Waals surface area contributed by atoms with Crippen LogP contribution >= 0.6 is 11.6 Å². The first-order valence-electron chi connectivity index (χ1n) is 9.45. The normalized spacial score (nSPS) is 17.4. The fourth-order valence-electron chi connectivity index (χ4n) is 3.49. The lowest BCUT2D eigenvalue weighted by Crippen LogP contribution is -2.31. The van der Waals surface area contributed by atoms with Gasteiger partial charge in [0.15, 0.2) is 0 Å². The van der Waals surface area contributed by atoms with Gasteiger partial charge in [-0.1, -0.05) is 35.9 Å². The van der Waals surface area contributed by atoms with Crippen molar-refractivity contribution in [2.24, 2.45) is 0 Å². The van der Waals surface area contributed by atoms with Crippen molar-refractivity contribution in [3.63, 3.8) is 0 Å². The number of amides is 1. The summed E-state index contributed by atoms with van der Waals surface area (Å²) in [5, 5.41) is 11.3. The van der Waals surface area contributed by atoms with E-state index in [1.54, 1.807) is 42.5 Å². The van der Waals surface area contributed by atoms with E-state index < -0.39 is 29.5 Å². The monoisotopic (exact) mass is 449 g/mol. The molecule has 160 valence electrons. The number of Topliss-reactive ketones (excluding diaryl/α,β-unsaturated/α-hetero) is 1. The second-order valence-electron chi connectivity index (χ2n) is 6.81. The number of hydrogen-bond acceptors (Lipinski definition) is 7. The van der Waals surface area contributed by atoms with E-state index in [4.69, 9.17) is 16.3 Å². The minimum Gasteiger partial charge on any atom is -0.507 e. The zero-order valence-corrected chi connectivity index (χ0v) is 17.5. The molecule has 1 atom stereocenters. The van der Waals surface area contributed by atoms with Crippen LogP contribution in [0.2, 0.25) is 5.02 Å². The number of aliphatic hydroxyl groups excluding tert-OH is 1.